The molecule has 4 aromatic rings. The zero-order chi connectivity index (χ0) is 26.0. The van der Waals surface area contributed by atoms with Crippen molar-refractivity contribution in [3.63, 3.8) is 0 Å². The van der Waals surface area contributed by atoms with Gasteiger partial charge in [0, 0.05) is 35.8 Å². The molecular formula is C27H23F3N4O3. The van der Waals surface area contributed by atoms with Gasteiger partial charge < -0.3 is 20.1 Å². The van der Waals surface area contributed by atoms with Gasteiger partial charge in [-0.25, -0.2) is 9.97 Å². The first-order valence-corrected chi connectivity index (χ1v) is 11.6. The number of hydrogen-bond donors (Lipinski definition) is 2. The zero-order valence-electron chi connectivity index (χ0n) is 19.8. The normalized spacial score (nSPS) is 13.7. The molecule has 2 heterocycles. The van der Waals surface area contributed by atoms with Crippen LogP contribution >= 0.6 is 0 Å². The lowest BCUT2D eigenvalue weighted by atomic mass is 10.1. The van der Waals surface area contributed by atoms with Crippen molar-refractivity contribution < 1.29 is 27.4 Å². The first kappa shape index (κ1) is 24.5. The number of aromatic nitrogens is 2. The molecule has 0 aliphatic carbocycles. The Balaban J connectivity index is 1.31. The third kappa shape index (κ3) is 5.49. The lowest BCUT2D eigenvalue weighted by Gasteiger charge is -2.28. The number of rotatable bonds is 7. The van der Waals surface area contributed by atoms with Gasteiger partial charge in [-0.05, 0) is 35.9 Å². The summed E-state index contributed by atoms with van der Waals surface area (Å²) in [4.78, 5) is 21.3. The number of anilines is 1. The van der Waals surface area contributed by atoms with Gasteiger partial charge in [0.05, 0.1) is 30.3 Å². The van der Waals surface area contributed by atoms with Crippen LogP contribution in [0, 0.1) is 0 Å². The predicted octanol–water partition coefficient (Wildman–Crippen LogP) is 4.86. The van der Waals surface area contributed by atoms with Crippen LogP contribution in [-0.4, -0.2) is 42.2 Å². The van der Waals surface area contributed by atoms with Crippen molar-refractivity contribution in [2.75, 3.05) is 25.5 Å². The molecule has 0 bridgehead atoms. The van der Waals surface area contributed by atoms with Gasteiger partial charge in [-0.1, -0.05) is 24.3 Å². The van der Waals surface area contributed by atoms with Crippen molar-refractivity contribution >= 4 is 22.5 Å². The first-order chi connectivity index (χ1) is 17.8. The maximum Gasteiger partial charge on any atom is 0.416 e. The number of methoxy groups -OCH3 is 1. The van der Waals surface area contributed by atoms with Gasteiger partial charge in [-0.2, -0.15) is 13.2 Å². The molecule has 1 aliphatic heterocycles. The summed E-state index contributed by atoms with van der Waals surface area (Å²) in [5.41, 5.74) is 2.51. The van der Waals surface area contributed by atoms with E-state index in [0.29, 0.717) is 34.0 Å². The quantitative estimate of drug-likeness (QED) is 0.371. The molecule has 7 nitrogen and oxygen atoms in total. The van der Waals surface area contributed by atoms with Gasteiger partial charge in [-0.15, -0.1) is 0 Å². The van der Waals surface area contributed by atoms with Crippen LogP contribution in [0.5, 0.6) is 11.5 Å². The number of halogens is 3. The highest BCUT2D eigenvalue weighted by molar-refractivity contribution is 5.95. The highest BCUT2D eigenvalue weighted by Gasteiger charge is 2.30. The van der Waals surface area contributed by atoms with Crippen molar-refractivity contribution in [3.05, 3.63) is 78.1 Å². The van der Waals surface area contributed by atoms with E-state index in [1.54, 1.807) is 19.2 Å². The second-order valence-corrected chi connectivity index (χ2v) is 8.64. The largest absolute Gasteiger partial charge is 0.493 e. The number of carbonyl (C=O) groups is 1. The Morgan fingerprint density at radius 2 is 1.76 bits per heavy atom. The smallest absolute Gasteiger partial charge is 0.416 e. The Morgan fingerprint density at radius 3 is 2.38 bits per heavy atom. The molecule has 5 rings (SSSR count). The highest BCUT2D eigenvalue weighted by Crippen LogP contribution is 2.36. The molecule has 2 N–H and O–H groups in total. The van der Waals surface area contributed by atoms with E-state index >= 15 is 0 Å². The number of ether oxygens (including phenoxy) is 2. The fraction of sp³-hybridized carbons (Fsp3) is 0.222. The number of hydrogen-bond acceptors (Lipinski definition) is 6. The van der Waals surface area contributed by atoms with E-state index in [1.807, 2.05) is 24.3 Å². The van der Waals surface area contributed by atoms with E-state index in [4.69, 9.17) is 9.47 Å². The third-order valence-electron chi connectivity index (χ3n) is 6.05. The van der Waals surface area contributed by atoms with Gasteiger partial charge >= 0.3 is 6.18 Å². The molecule has 0 saturated carbocycles. The fourth-order valence-corrected chi connectivity index (χ4v) is 3.98. The van der Waals surface area contributed by atoms with Crippen LogP contribution in [0.2, 0.25) is 0 Å². The van der Waals surface area contributed by atoms with Crippen LogP contribution in [0.15, 0.2) is 67.0 Å². The predicted molar refractivity (Wildman–Crippen MR) is 133 cm³/mol. The minimum atomic E-state index is -4.41. The molecule has 3 aromatic carbocycles. The number of benzene rings is 3. The van der Waals surface area contributed by atoms with Crippen molar-refractivity contribution in [1.29, 1.82) is 0 Å². The van der Waals surface area contributed by atoms with Gasteiger partial charge in [0.15, 0.2) is 11.5 Å². The van der Waals surface area contributed by atoms with Crippen LogP contribution in [0.25, 0.3) is 22.2 Å². The summed E-state index contributed by atoms with van der Waals surface area (Å²) in [5.74, 6) is 0.874. The van der Waals surface area contributed by atoms with Gasteiger partial charge in [0.1, 0.15) is 12.4 Å². The standard InChI is InChI=1S/C27H23F3N4O3/c1-36-23-11-21-22(12-24(23)37-20-13-31-14-20)32-15-33-26(21)17-4-8-19(9-5-17)34-25(35)10-16-2-6-18(7-3-16)27(28,29)30/h2-9,11-12,15,20,31H,10,13-14H2,1H3,(H,34,35). The fourth-order valence-electron chi connectivity index (χ4n) is 3.98. The molecule has 0 atom stereocenters. The minimum Gasteiger partial charge on any atom is -0.493 e. The summed E-state index contributed by atoms with van der Waals surface area (Å²) in [5, 5.41) is 6.73. The summed E-state index contributed by atoms with van der Waals surface area (Å²) in [7, 11) is 1.58. The van der Waals surface area contributed by atoms with Crippen molar-refractivity contribution in [2.24, 2.45) is 0 Å². The topological polar surface area (TPSA) is 85.4 Å². The van der Waals surface area contributed by atoms with E-state index in [1.165, 1.54) is 18.5 Å². The number of alkyl halides is 3. The Hall–Kier alpha value is -4.18. The van der Waals surface area contributed by atoms with Crippen molar-refractivity contribution in [2.45, 2.75) is 18.7 Å². The molecule has 0 spiro atoms. The molecule has 37 heavy (non-hydrogen) atoms. The molecule has 1 saturated heterocycles. The number of nitrogens with one attached hydrogen (secondary N) is 2. The number of carbonyl (C=O) groups excluding carboxylic acids is 1. The second-order valence-electron chi connectivity index (χ2n) is 8.64. The Labute approximate surface area is 210 Å². The molecule has 1 aliphatic rings. The van der Waals surface area contributed by atoms with E-state index in [-0.39, 0.29) is 18.4 Å². The zero-order valence-corrected chi connectivity index (χ0v) is 19.8. The molecule has 1 fully saturated rings. The Bertz CT molecular complexity index is 1420. The maximum absolute atomic E-state index is 12.7. The van der Waals surface area contributed by atoms with Crippen LogP contribution in [0.4, 0.5) is 18.9 Å². The average molecular weight is 509 g/mol. The van der Waals surface area contributed by atoms with E-state index < -0.39 is 11.7 Å². The van der Waals surface area contributed by atoms with Gasteiger partial charge in [0.25, 0.3) is 0 Å². The highest BCUT2D eigenvalue weighted by atomic mass is 19.4. The van der Waals surface area contributed by atoms with Crippen molar-refractivity contribution in [3.8, 4) is 22.8 Å². The third-order valence-corrected chi connectivity index (χ3v) is 6.05. The van der Waals surface area contributed by atoms with Gasteiger partial charge in [0.2, 0.25) is 5.91 Å². The Morgan fingerprint density at radius 1 is 1.03 bits per heavy atom. The molecule has 1 aromatic heterocycles. The van der Waals surface area contributed by atoms with E-state index in [9.17, 15) is 18.0 Å². The summed E-state index contributed by atoms with van der Waals surface area (Å²) in [6.07, 6.45) is -2.88. The summed E-state index contributed by atoms with van der Waals surface area (Å²) < 4.78 is 49.7. The first-order valence-electron chi connectivity index (χ1n) is 11.6. The molecular weight excluding hydrogens is 485 g/mol. The van der Waals surface area contributed by atoms with E-state index in [0.717, 1.165) is 36.2 Å². The van der Waals surface area contributed by atoms with Gasteiger partial charge in [-0.3, -0.25) is 4.79 Å². The molecule has 10 heteroatoms. The molecule has 0 unspecified atom stereocenters. The number of amides is 1. The lowest BCUT2D eigenvalue weighted by Crippen LogP contribution is -2.50. The van der Waals surface area contributed by atoms with Crippen LogP contribution < -0.4 is 20.1 Å². The Kier molecular flexibility index (Phi) is 6.66. The second kappa shape index (κ2) is 10.1. The number of nitrogens with zero attached hydrogens (tertiary/aromatic N) is 2. The number of fused-ring (bicyclic) bond motifs is 1. The van der Waals surface area contributed by atoms with Crippen LogP contribution in [-0.2, 0) is 17.4 Å². The SMILES string of the molecule is COc1cc2c(-c3ccc(NC(=O)Cc4ccc(C(F)(F)F)cc4)cc3)ncnc2cc1OC1CNC1. The summed E-state index contributed by atoms with van der Waals surface area (Å²) in [6.45, 7) is 1.56. The molecule has 1 amide bonds. The molecule has 0 radical (unpaired) electrons. The summed E-state index contributed by atoms with van der Waals surface area (Å²) in [6, 6.07) is 15.4. The minimum absolute atomic E-state index is 0.0441. The van der Waals surface area contributed by atoms with E-state index in [2.05, 4.69) is 20.6 Å². The van der Waals surface area contributed by atoms with Crippen molar-refractivity contribution in [1.82, 2.24) is 15.3 Å². The average Bonchev–Trinajstić information content (AvgIpc) is 2.85. The monoisotopic (exact) mass is 508 g/mol. The lowest BCUT2D eigenvalue weighted by molar-refractivity contribution is -0.137. The van der Waals surface area contributed by atoms with Crippen LogP contribution in [0.3, 0.4) is 0 Å². The summed E-state index contributed by atoms with van der Waals surface area (Å²) >= 11 is 0. The van der Waals surface area contributed by atoms with Crippen LogP contribution in [0.1, 0.15) is 11.1 Å². The maximum atomic E-state index is 12.7. The molecule has 190 valence electrons.